The lowest BCUT2D eigenvalue weighted by Gasteiger charge is -2.16. The fourth-order valence-electron chi connectivity index (χ4n) is 1.63. The van der Waals surface area contributed by atoms with Crippen LogP contribution in [0.3, 0.4) is 0 Å². The number of nitrogens with one attached hydrogen (secondary N) is 1. The van der Waals surface area contributed by atoms with Crippen molar-refractivity contribution < 1.29 is 8.60 Å². The molecule has 1 aromatic carbocycles. The van der Waals surface area contributed by atoms with Crippen LogP contribution in [-0.4, -0.2) is 22.3 Å². The third-order valence-corrected chi connectivity index (χ3v) is 4.86. The predicted molar refractivity (Wildman–Crippen MR) is 78.7 cm³/mol. The minimum Gasteiger partial charge on any atom is -0.310 e. The normalized spacial score (nSPS) is 16.3. The second-order valence-corrected chi connectivity index (χ2v) is 7.16. The van der Waals surface area contributed by atoms with E-state index in [-0.39, 0.29) is 17.1 Å². The van der Waals surface area contributed by atoms with E-state index in [0.717, 1.165) is 17.4 Å². The van der Waals surface area contributed by atoms with Gasteiger partial charge in [-0.25, -0.2) is 4.39 Å². The van der Waals surface area contributed by atoms with Gasteiger partial charge < -0.3 is 5.32 Å². The Bertz CT molecular complexity index is 427. The van der Waals surface area contributed by atoms with Crippen molar-refractivity contribution in [3.63, 3.8) is 0 Å². The molecule has 102 valence electrons. The van der Waals surface area contributed by atoms with Gasteiger partial charge in [0.25, 0.3) is 0 Å². The molecule has 1 aromatic rings. The second kappa shape index (κ2) is 7.36. The number of hydrogen-bond donors (Lipinski definition) is 1. The molecule has 3 atom stereocenters. The largest absolute Gasteiger partial charge is 0.310 e. The highest BCUT2D eigenvalue weighted by molar-refractivity contribution is 9.10. The summed E-state index contributed by atoms with van der Waals surface area (Å²) >= 11 is 3.24. The molecule has 0 amide bonds. The number of halogens is 2. The quantitative estimate of drug-likeness (QED) is 0.863. The molecule has 18 heavy (non-hydrogen) atoms. The zero-order valence-corrected chi connectivity index (χ0v) is 13.3. The molecule has 0 aromatic heterocycles. The first-order valence-electron chi connectivity index (χ1n) is 5.92. The summed E-state index contributed by atoms with van der Waals surface area (Å²) < 4.78 is 25.6. The van der Waals surface area contributed by atoms with Gasteiger partial charge in [-0.05, 0) is 32.0 Å². The van der Waals surface area contributed by atoms with Crippen LogP contribution in [0, 0.1) is 5.82 Å². The topological polar surface area (TPSA) is 29.1 Å². The molecule has 0 aliphatic heterocycles. The lowest BCUT2D eigenvalue weighted by molar-refractivity contribution is 0.519. The third-order valence-electron chi connectivity index (χ3n) is 3.00. The van der Waals surface area contributed by atoms with Crippen molar-refractivity contribution >= 4 is 26.7 Å². The molecule has 0 aliphatic carbocycles. The summed E-state index contributed by atoms with van der Waals surface area (Å²) in [5, 5.41) is 3.42. The van der Waals surface area contributed by atoms with Crippen molar-refractivity contribution in [1.82, 2.24) is 5.32 Å². The van der Waals surface area contributed by atoms with Crippen LogP contribution in [0.1, 0.15) is 31.9 Å². The highest BCUT2D eigenvalue weighted by Crippen LogP contribution is 2.20. The average molecular weight is 336 g/mol. The van der Waals surface area contributed by atoms with Crippen LogP contribution in [0.4, 0.5) is 4.39 Å². The summed E-state index contributed by atoms with van der Waals surface area (Å²) in [5.41, 5.74) is 0.656. The Labute approximate surface area is 119 Å². The van der Waals surface area contributed by atoms with E-state index in [1.165, 1.54) is 6.07 Å². The molecule has 1 rings (SSSR count). The van der Waals surface area contributed by atoms with Gasteiger partial charge in [0.1, 0.15) is 5.82 Å². The SMILES string of the molecule is C[C@H](NCC[C@@H](C)[S@](C)=O)c1ccc(Br)cc1F. The van der Waals surface area contributed by atoms with Gasteiger partial charge in [0.15, 0.2) is 0 Å². The van der Waals surface area contributed by atoms with Gasteiger partial charge in [-0.1, -0.05) is 28.9 Å². The smallest absolute Gasteiger partial charge is 0.129 e. The maximum atomic E-state index is 13.7. The number of benzene rings is 1. The molecule has 0 aliphatic rings. The van der Waals surface area contributed by atoms with Crippen LogP contribution in [0.25, 0.3) is 0 Å². The van der Waals surface area contributed by atoms with E-state index < -0.39 is 10.8 Å². The van der Waals surface area contributed by atoms with Gasteiger partial charge in [-0.15, -0.1) is 0 Å². The van der Waals surface area contributed by atoms with Crippen LogP contribution in [0.5, 0.6) is 0 Å². The lowest BCUT2D eigenvalue weighted by Crippen LogP contribution is -2.24. The van der Waals surface area contributed by atoms with Crippen molar-refractivity contribution in [3.05, 3.63) is 34.1 Å². The summed E-state index contributed by atoms with van der Waals surface area (Å²) in [5.74, 6) is -0.212. The summed E-state index contributed by atoms with van der Waals surface area (Å²) in [7, 11) is -0.797. The minimum absolute atomic E-state index is 0.0457. The van der Waals surface area contributed by atoms with Crippen LogP contribution in [0.2, 0.25) is 0 Å². The molecular weight excluding hydrogens is 317 g/mol. The van der Waals surface area contributed by atoms with E-state index in [4.69, 9.17) is 0 Å². The highest BCUT2D eigenvalue weighted by Gasteiger charge is 2.12. The summed E-state index contributed by atoms with van der Waals surface area (Å²) in [6.07, 6.45) is 2.54. The van der Waals surface area contributed by atoms with E-state index in [0.29, 0.717) is 5.56 Å². The van der Waals surface area contributed by atoms with Crippen LogP contribution in [0.15, 0.2) is 22.7 Å². The Morgan fingerprint density at radius 1 is 1.44 bits per heavy atom. The van der Waals surface area contributed by atoms with Crippen molar-refractivity contribution in [3.8, 4) is 0 Å². The molecule has 0 heterocycles. The number of rotatable bonds is 6. The molecule has 0 bridgehead atoms. The van der Waals surface area contributed by atoms with Crippen LogP contribution in [-0.2, 0) is 10.8 Å². The van der Waals surface area contributed by atoms with Crippen molar-refractivity contribution in [2.75, 3.05) is 12.8 Å². The molecule has 0 radical (unpaired) electrons. The second-order valence-electron chi connectivity index (χ2n) is 4.44. The Kier molecular flexibility index (Phi) is 6.46. The summed E-state index contributed by atoms with van der Waals surface area (Å²) in [6.45, 7) is 4.62. The Morgan fingerprint density at radius 2 is 2.11 bits per heavy atom. The monoisotopic (exact) mass is 335 g/mol. The Morgan fingerprint density at radius 3 is 2.67 bits per heavy atom. The van der Waals surface area contributed by atoms with E-state index in [1.807, 2.05) is 19.9 Å². The van der Waals surface area contributed by atoms with Gasteiger partial charge >= 0.3 is 0 Å². The van der Waals surface area contributed by atoms with Crippen molar-refractivity contribution in [2.45, 2.75) is 31.6 Å². The first kappa shape index (κ1) is 15.8. The van der Waals surface area contributed by atoms with Crippen LogP contribution >= 0.6 is 15.9 Å². The maximum Gasteiger partial charge on any atom is 0.129 e. The fourth-order valence-corrected chi connectivity index (χ4v) is 2.41. The minimum atomic E-state index is -0.797. The molecule has 1 N–H and O–H groups in total. The maximum absolute atomic E-state index is 13.7. The molecule has 0 fully saturated rings. The fraction of sp³-hybridized carbons (Fsp3) is 0.538. The predicted octanol–water partition coefficient (Wildman–Crippen LogP) is 3.40. The van der Waals surface area contributed by atoms with E-state index in [1.54, 1.807) is 12.3 Å². The van der Waals surface area contributed by atoms with Gasteiger partial charge in [0.05, 0.1) is 0 Å². The molecular formula is C13H19BrFNOS. The molecule has 0 saturated heterocycles. The highest BCUT2D eigenvalue weighted by atomic mass is 79.9. The van der Waals surface area contributed by atoms with Crippen molar-refractivity contribution in [2.24, 2.45) is 0 Å². The average Bonchev–Trinajstić information content (AvgIpc) is 2.28. The molecule has 0 saturated carbocycles. The first-order chi connectivity index (χ1) is 8.41. The Balaban J connectivity index is 2.50. The van der Waals surface area contributed by atoms with Crippen LogP contribution < -0.4 is 5.32 Å². The Hall–Kier alpha value is -0.260. The molecule has 0 unspecified atom stereocenters. The molecule has 0 spiro atoms. The first-order valence-corrected chi connectivity index (χ1v) is 8.33. The van der Waals surface area contributed by atoms with Crippen molar-refractivity contribution in [1.29, 1.82) is 0 Å². The number of hydrogen-bond acceptors (Lipinski definition) is 2. The third kappa shape index (κ3) is 4.78. The summed E-state index contributed by atoms with van der Waals surface area (Å²) in [6, 6.07) is 5.03. The van der Waals surface area contributed by atoms with E-state index in [9.17, 15) is 8.60 Å². The molecule has 2 nitrogen and oxygen atoms in total. The van der Waals surface area contributed by atoms with Gasteiger partial charge in [-0.2, -0.15) is 0 Å². The molecule has 5 heteroatoms. The summed E-state index contributed by atoms with van der Waals surface area (Å²) in [4.78, 5) is 0. The van der Waals surface area contributed by atoms with Gasteiger partial charge in [-0.3, -0.25) is 4.21 Å². The zero-order chi connectivity index (χ0) is 13.7. The van der Waals surface area contributed by atoms with Gasteiger partial charge in [0.2, 0.25) is 0 Å². The zero-order valence-electron chi connectivity index (χ0n) is 10.9. The standard InChI is InChI=1S/C13H19BrFNOS/c1-9(18(3)17)6-7-16-10(2)12-5-4-11(14)8-13(12)15/h4-5,8-10,16H,6-7H2,1-3H3/t9-,10+,18+/m1/s1. The van der Waals surface area contributed by atoms with E-state index in [2.05, 4.69) is 21.2 Å². The van der Waals surface area contributed by atoms with E-state index >= 15 is 0 Å². The lowest BCUT2D eigenvalue weighted by atomic mass is 10.1. The van der Waals surface area contributed by atoms with Gasteiger partial charge in [0, 0.05) is 38.4 Å².